The van der Waals surface area contributed by atoms with E-state index in [2.05, 4.69) is 6.58 Å². The third-order valence-electron chi connectivity index (χ3n) is 2.57. The molecule has 100 valence electrons. The second-order valence-corrected chi connectivity index (χ2v) is 4.36. The van der Waals surface area contributed by atoms with E-state index >= 15 is 0 Å². The van der Waals surface area contributed by atoms with Crippen LogP contribution in [0, 0.1) is 0 Å². The molecular formula is C14H26O3. The molecule has 0 aliphatic heterocycles. The van der Waals surface area contributed by atoms with Crippen LogP contribution in [0.25, 0.3) is 0 Å². The van der Waals surface area contributed by atoms with Crippen LogP contribution in [-0.2, 0) is 9.53 Å². The van der Waals surface area contributed by atoms with Gasteiger partial charge in [0.2, 0.25) is 0 Å². The van der Waals surface area contributed by atoms with Crippen LogP contribution in [0.4, 0.5) is 0 Å². The minimum absolute atomic E-state index is 0.132. The first-order valence-corrected chi connectivity index (χ1v) is 6.65. The van der Waals surface area contributed by atoms with Crippen molar-refractivity contribution in [3.8, 4) is 0 Å². The van der Waals surface area contributed by atoms with Crippen molar-refractivity contribution in [1.29, 1.82) is 0 Å². The van der Waals surface area contributed by atoms with Crippen LogP contribution in [0.3, 0.4) is 0 Å². The Labute approximate surface area is 105 Å². The molecule has 0 amide bonds. The molecular weight excluding hydrogens is 216 g/mol. The van der Waals surface area contributed by atoms with Gasteiger partial charge in [-0.05, 0) is 25.7 Å². The first-order valence-electron chi connectivity index (χ1n) is 6.65. The zero-order valence-corrected chi connectivity index (χ0v) is 11.0. The molecule has 0 saturated carbocycles. The maximum absolute atomic E-state index is 11.2. The van der Waals surface area contributed by atoms with Gasteiger partial charge in [-0.25, -0.2) is 0 Å². The minimum Gasteiger partial charge on any atom is -0.466 e. The molecule has 0 radical (unpaired) electrons. The Balaban J connectivity index is 3.36. The van der Waals surface area contributed by atoms with E-state index in [0.717, 1.165) is 32.1 Å². The van der Waals surface area contributed by atoms with Gasteiger partial charge in [-0.1, -0.05) is 32.3 Å². The highest BCUT2D eigenvalue weighted by Crippen LogP contribution is 2.10. The highest BCUT2D eigenvalue weighted by Gasteiger charge is 2.11. The number of rotatable bonds is 11. The molecule has 0 rings (SSSR count). The summed E-state index contributed by atoms with van der Waals surface area (Å²) in [6.07, 6.45) is 8.50. The largest absolute Gasteiger partial charge is 0.466 e. The smallest absolute Gasteiger partial charge is 0.308 e. The lowest BCUT2D eigenvalue weighted by molar-refractivity contribution is -0.145. The second-order valence-electron chi connectivity index (χ2n) is 4.36. The molecule has 0 saturated heterocycles. The van der Waals surface area contributed by atoms with Crippen molar-refractivity contribution in [2.75, 3.05) is 6.61 Å². The number of carbonyl (C=O) groups excluding carboxylic acids is 1. The molecule has 3 nitrogen and oxygen atoms in total. The summed E-state index contributed by atoms with van der Waals surface area (Å²) in [5, 5.41) is 9.60. The van der Waals surface area contributed by atoms with E-state index in [1.54, 1.807) is 0 Å². The fraction of sp³-hybridized carbons (Fsp3) is 0.786. The lowest BCUT2D eigenvalue weighted by atomic mass is 10.1. The Morgan fingerprint density at radius 1 is 1.35 bits per heavy atom. The predicted octanol–water partition coefficient (Wildman–Crippen LogP) is 3.22. The summed E-state index contributed by atoms with van der Waals surface area (Å²) in [5.74, 6) is -0.286. The van der Waals surface area contributed by atoms with Crippen molar-refractivity contribution in [2.24, 2.45) is 0 Å². The normalized spacial score (nSPS) is 12.1. The number of allylic oxidation sites excluding steroid dienone is 1. The van der Waals surface area contributed by atoms with E-state index < -0.39 is 6.10 Å². The number of aliphatic hydroxyl groups is 1. The van der Waals surface area contributed by atoms with E-state index in [0.29, 0.717) is 13.0 Å². The monoisotopic (exact) mass is 242 g/mol. The van der Waals surface area contributed by atoms with E-state index in [-0.39, 0.29) is 12.4 Å². The molecule has 0 aliphatic carbocycles. The standard InChI is InChI=1S/C14H26O3/c1-3-5-6-7-8-9-10-13(15)12-14(16)17-11-4-2/h3,13,15H,1,4-12H2,2H3. The number of aliphatic hydroxyl groups excluding tert-OH is 1. The van der Waals surface area contributed by atoms with Gasteiger partial charge in [0.15, 0.2) is 0 Å². The number of esters is 1. The zero-order valence-electron chi connectivity index (χ0n) is 11.0. The fourth-order valence-electron chi connectivity index (χ4n) is 1.59. The molecule has 1 unspecified atom stereocenters. The lowest BCUT2D eigenvalue weighted by Gasteiger charge is -2.09. The van der Waals surface area contributed by atoms with Gasteiger partial charge in [-0.15, -0.1) is 6.58 Å². The summed E-state index contributed by atoms with van der Waals surface area (Å²) in [7, 11) is 0. The van der Waals surface area contributed by atoms with Crippen LogP contribution >= 0.6 is 0 Å². The van der Waals surface area contributed by atoms with E-state index in [4.69, 9.17) is 4.74 Å². The van der Waals surface area contributed by atoms with Gasteiger partial charge in [-0.3, -0.25) is 4.79 Å². The van der Waals surface area contributed by atoms with E-state index in [1.165, 1.54) is 6.42 Å². The zero-order chi connectivity index (χ0) is 12.9. The maximum atomic E-state index is 11.2. The van der Waals surface area contributed by atoms with Gasteiger partial charge in [0.1, 0.15) is 0 Å². The Kier molecular flexibility index (Phi) is 11.1. The summed E-state index contributed by atoms with van der Waals surface area (Å²) in [4.78, 5) is 11.2. The molecule has 17 heavy (non-hydrogen) atoms. The third-order valence-corrected chi connectivity index (χ3v) is 2.57. The minimum atomic E-state index is -0.543. The summed E-state index contributed by atoms with van der Waals surface area (Å²) in [6, 6.07) is 0. The van der Waals surface area contributed by atoms with Gasteiger partial charge < -0.3 is 9.84 Å². The molecule has 0 fully saturated rings. The number of carbonyl (C=O) groups is 1. The molecule has 0 bridgehead atoms. The van der Waals surface area contributed by atoms with Crippen LogP contribution in [0.1, 0.15) is 58.3 Å². The average molecular weight is 242 g/mol. The van der Waals surface area contributed by atoms with Crippen LogP contribution < -0.4 is 0 Å². The van der Waals surface area contributed by atoms with Gasteiger partial charge in [0, 0.05) is 0 Å². The first kappa shape index (κ1) is 16.2. The Morgan fingerprint density at radius 2 is 2.06 bits per heavy atom. The molecule has 1 atom stereocenters. The number of unbranched alkanes of at least 4 members (excludes halogenated alkanes) is 4. The number of hydrogen-bond acceptors (Lipinski definition) is 3. The lowest BCUT2D eigenvalue weighted by Crippen LogP contribution is -2.16. The third kappa shape index (κ3) is 11.4. The summed E-state index contributed by atoms with van der Waals surface area (Å²) < 4.78 is 4.91. The Morgan fingerprint density at radius 3 is 2.71 bits per heavy atom. The van der Waals surface area contributed by atoms with E-state index in [9.17, 15) is 9.90 Å². The van der Waals surface area contributed by atoms with Crippen LogP contribution in [0.15, 0.2) is 12.7 Å². The second kappa shape index (κ2) is 11.6. The molecule has 3 heteroatoms. The Hall–Kier alpha value is -0.830. The van der Waals surface area contributed by atoms with Gasteiger partial charge in [0.25, 0.3) is 0 Å². The molecule has 0 spiro atoms. The number of hydrogen-bond donors (Lipinski definition) is 1. The SMILES string of the molecule is C=CCCCCCCC(O)CC(=O)OCCC. The van der Waals surface area contributed by atoms with Crippen LogP contribution in [0.5, 0.6) is 0 Å². The molecule has 0 aromatic carbocycles. The topological polar surface area (TPSA) is 46.5 Å². The van der Waals surface area contributed by atoms with Gasteiger partial charge in [0.05, 0.1) is 19.1 Å². The van der Waals surface area contributed by atoms with E-state index in [1.807, 2.05) is 13.0 Å². The van der Waals surface area contributed by atoms with Crippen molar-refractivity contribution in [1.82, 2.24) is 0 Å². The summed E-state index contributed by atoms with van der Waals surface area (Å²) in [6.45, 7) is 6.08. The predicted molar refractivity (Wildman–Crippen MR) is 69.8 cm³/mol. The highest BCUT2D eigenvalue weighted by atomic mass is 16.5. The highest BCUT2D eigenvalue weighted by molar-refractivity contribution is 5.69. The summed E-state index contributed by atoms with van der Waals surface area (Å²) in [5.41, 5.74) is 0. The molecule has 0 heterocycles. The molecule has 0 aromatic heterocycles. The molecule has 0 aliphatic rings. The fourth-order valence-corrected chi connectivity index (χ4v) is 1.59. The molecule has 0 aromatic rings. The van der Waals surface area contributed by atoms with Crippen molar-refractivity contribution < 1.29 is 14.6 Å². The molecule has 1 N–H and O–H groups in total. The van der Waals surface area contributed by atoms with Gasteiger partial charge in [-0.2, -0.15) is 0 Å². The van der Waals surface area contributed by atoms with Crippen molar-refractivity contribution in [3.05, 3.63) is 12.7 Å². The van der Waals surface area contributed by atoms with Gasteiger partial charge >= 0.3 is 5.97 Å². The first-order chi connectivity index (χ1) is 8.20. The van der Waals surface area contributed by atoms with Crippen LogP contribution in [0.2, 0.25) is 0 Å². The number of ether oxygens (including phenoxy) is 1. The quantitative estimate of drug-likeness (QED) is 0.344. The maximum Gasteiger partial charge on any atom is 0.308 e. The summed E-state index contributed by atoms with van der Waals surface area (Å²) >= 11 is 0. The van der Waals surface area contributed by atoms with Crippen molar-refractivity contribution in [3.63, 3.8) is 0 Å². The van der Waals surface area contributed by atoms with Crippen LogP contribution in [-0.4, -0.2) is 23.8 Å². The Bertz CT molecular complexity index is 202. The van der Waals surface area contributed by atoms with Crippen molar-refractivity contribution >= 4 is 5.97 Å². The van der Waals surface area contributed by atoms with Crippen molar-refractivity contribution in [2.45, 2.75) is 64.4 Å². The average Bonchev–Trinajstić information content (AvgIpc) is 2.31.